The summed E-state index contributed by atoms with van der Waals surface area (Å²) in [6, 6.07) is 7.00. The van der Waals surface area contributed by atoms with Crippen LogP contribution in [-0.4, -0.2) is 25.8 Å². The predicted octanol–water partition coefficient (Wildman–Crippen LogP) is 2.34. The quantitative estimate of drug-likeness (QED) is 0.927. The third-order valence-corrected chi connectivity index (χ3v) is 6.26. The van der Waals surface area contributed by atoms with Crippen LogP contribution in [0.4, 0.5) is 0 Å². The van der Waals surface area contributed by atoms with Crippen molar-refractivity contribution in [2.24, 2.45) is 11.7 Å². The molecule has 1 saturated carbocycles. The number of hydrogen-bond donors (Lipinski definition) is 1. The summed E-state index contributed by atoms with van der Waals surface area (Å²) in [5.41, 5.74) is 6.48. The fourth-order valence-corrected chi connectivity index (χ4v) is 4.18. The highest BCUT2D eigenvalue weighted by molar-refractivity contribution is 7.89. The van der Waals surface area contributed by atoms with Crippen molar-refractivity contribution in [3.8, 4) is 0 Å². The van der Waals surface area contributed by atoms with Crippen LogP contribution in [0.15, 0.2) is 29.2 Å². The van der Waals surface area contributed by atoms with E-state index in [0.717, 1.165) is 31.2 Å². The van der Waals surface area contributed by atoms with Crippen molar-refractivity contribution in [3.05, 3.63) is 29.8 Å². The third kappa shape index (κ3) is 3.22. The van der Waals surface area contributed by atoms with Crippen molar-refractivity contribution in [1.29, 1.82) is 0 Å². The molecule has 0 aliphatic heterocycles. The number of nitrogens with two attached hydrogens (primary N) is 1. The van der Waals surface area contributed by atoms with Crippen LogP contribution in [-0.2, 0) is 16.6 Å². The molecule has 0 spiro atoms. The van der Waals surface area contributed by atoms with Gasteiger partial charge in [0.15, 0.2) is 0 Å². The molecule has 20 heavy (non-hydrogen) atoms. The van der Waals surface area contributed by atoms with Crippen LogP contribution in [0.5, 0.6) is 0 Å². The Hall–Kier alpha value is -0.910. The lowest BCUT2D eigenvalue weighted by molar-refractivity contribution is 0.246. The van der Waals surface area contributed by atoms with Crippen LogP contribution < -0.4 is 5.73 Å². The van der Waals surface area contributed by atoms with Gasteiger partial charge < -0.3 is 5.73 Å². The maximum Gasteiger partial charge on any atom is 0.243 e. The lowest BCUT2D eigenvalue weighted by atomic mass is 9.87. The van der Waals surface area contributed by atoms with E-state index in [1.54, 1.807) is 35.6 Å². The van der Waals surface area contributed by atoms with E-state index in [-0.39, 0.29) is 6.04 Å². The Morgan fingerprint density at radius 2 is 1.70 bits per heavy atom. The summed E-state index contributed by atoms with van der Waals surface area (Å²) in [5.74, 6) is 0.714. The molecule has 1 aliphatic carbocycles. The highest BCUT2D eigenvalue weighted by Gasteiger charge is 2.30. The monoisotopic (exact) mass is 296 g/mol. The van der Waals surface area contributed by atoms with Gasteiger partial charge in [-0.3, -0.25) is 0 Å². The maximum absolute atomic E-state index is 12.6. The Bertz CT molecular complexity index is 531. The molecule has 1 aromatic carbocycles. The molecule has 0 atom stereocenters. The normalized spacial score (nSPS) is 24.0. The fourth-order valence-electron chi connectivity index (χ4n) is 2.77. The SMILES string of the molecule is CC1CCC(N(C)S(=O)(=O)c2ccc(CN)cc2)CC1. The standard InChI is InChI=1S/C15H24N2O2S/c1-12-3-7-14(8-4-12)17(2)20(18,19)15-9-5-13(11-16)6-10-15/h5-6,9-10,12,14H,3-4,7-8,11,16H2,1-2H3. The molecule has 0 heterocycles. The second kappa shape index (κ2) is 6.24. The Kier molecular flexibility index (Phi) is 4.83. The second-order valence-corrected chi connectivity index (χ2v) is 7.78. The van der Waals surface area contributed by atoms with E-state index < -0.39 is 10.0 Å². The van der Waals surface area contributed by atoms with Crippen LogP contribution in [0, 0.1) is 5.92 Å². The highest BCUT2D eigenvalue weighted by atomic mass is 32.2. The average Bonchev–Trinajstić information content (AvgIpc) is 2.47. The molecular formula is C15H24N2O2S. The van der Waals surface area contributed by atoms with Gasteiger partial charge in [-0.2, -0.15) is 4.31 Å². The first kappa shape index (κ1) is 15.5. The minimum Gasteiger partial charge on any atom is -0.326 e. The molecule has 1 aliphatic rings. The molecule has 2 N–H and O–H groups in total. The van der Waals surface area contributed by atoms with Gasteiger partial charge in [0.1, 0.15) is 0 Å². The summed E-state index contributed by atoms with van der Waals surface area (Å²) in [7, 11) is -1.69. The van der Waals surface area contributed by atoms with Crippen LogP contribution in [0.3, 0.4) is 0 Å². The molecule has 0 radical (unpaired) electrons. The van der Waals surface area contributed by atoms with Crippen LogP contribution in [0.1, 0.15) is 38.2 Å². The topological polar surface area (TPSA) is 63.4 Å². The molecule has 2 rings (SSSR count). The van der Waals surface area contributed by atoms with Crippen molar-refractivity contribution >= 4 is 10.0 Å². The molecule has 5 heteroatoms. The van der Waals surface area contributed by atoms with E-state index in [4.69, 9.17) is 5.73 Å². The lowest BCUT2D eigenvalue weighted by Crippen LogP contribution is -2.39. The molecule has 1 aromatic rings. The molecule has 0 saturated heterocycles. The first-order chi connectivity index (χ1) is 9.45. The number of rotatable bonds is 4. The predicted molar refractivity (Wildman–Crippen MR) is 80.7 cm³/mol. The largest absolute Gasteiger partial charge is 0.326 e. The van der Waals surface area contributed by atoms with Crippen molar-refractivity contribution in [2.45, 2.75) is 50.1 Å². The molecule has 0 unspecified atom stereocenters. The lowest BCUT2D eigenvalue weighted by Gasteiger charge is -2.32. The van der Waals surface area contributed by atoms with E-state index in [1.165, 1.54) is 0 Å². The summed E-state index contributed by atoms with van der Waals surface area (Å²) < 4.78 is 26.8. The number of sulfonamides is 1. The molecule has 1 fully saturated rings. The van der Waals surface area contributed by atoms with Gasteiger partial charge in [-0.1, -0.05) is 19.1 Å². The van der Waals surface area contributed by atoms with Gasteiger partial charge >= 0.3 is 0 Å². The Morgan fingerprint density at radius 1 is 1.15 bits per heavy atom. The Balaban J connectivity index is 2.16. The number of nitrogens with zero attached hydrogens (tertiary/aromatic N) is 1. The van der Waals surface area contributed by atoms with Crippen molar-refractivity contribution < 1.29 is 8.42 Å². The summed E-state index contributed by atoms with van der Waals surface area (Å²) in [4.78, 5) is 0.357. The van der Waals surface area contributed by atoms with E-state index in [1.807, 2.05) is 0 Å². The molecule has 0 amide bonds. The van der Waals surface area contributed by atoms with Crippen molar-refractivity contribution in [2.75, 3.05) is 7.05 Å². The molecular weight excluding hydrogens is 272 g/mol. The Labute approximate surface area is 122 Å². The van der Waals surface area contributed by atoms with Gasteiger partial charge in [-0.05, 0) is 49.3 Å². The van der Waals surface area contributed by atoms with Crippen LogP contribution in [0.25, 0.3) is 0 Å². The van der Waals surface area contributed by atoms with Gasteiger partial charge in [0.2, 0.25) is 10.0 Å². The van der Waals surface area contributed by atoms with E-state index >= 15 is 0 Å². The molecule has 112 valence electrons. The zero-order valence-electron chi connectivity index (χ0n) is 12.2. The Morgan fingerprint density at radius 3 is 2.20 bits per heavy atom. The van der Waals surface area contributed by atoms with Gasteiger partial charge in [0.25, 0.3) is 0 Å². The average molecular weight is 296 g/mol. The van der Waals surface area contributed by atoms with Crippen LogP contribution in [0.2, 0.25) is 0 Å². The summed E-state index contributed by atoms with van der Waals surface area (Å²) >= 11 is 0. The number of hydrogen-bond acceptors (Lipinski definition) is 3. The summed E-state index contributed by atoms with van der Waals surface area (Å²) in [6.45, 7) is 2.66. The van der Waals surface area contributed by atoms with E-state index in [2.05, 4.69) is 6.92 Å². The van der Waals surface area contributed by atoms with Gasteiger partial charge in [-0.25, -0.2) is 8.42 Å². The summed E-state index contributed by atoms with van der Waals surface area (Å²) in [6.07, 6.45) is 4.13. The minimum absolute atomic E-state index is 0.130. The first-order valence-electron chi connectivity index (χ1n) is 7.22. The van der Waals surface area contributed by atoms with Crippen molar-refractivity contribution in [1.82, 2.24) is 4.31 Å². The smallest absolute Gasteiger partial charge is 0.243 e. The van der Waals surface area contributed by atoms with Crippen LogP contribution >= 0.6 is 0 Å². The highest BCUT2D eigenvalue weighted by Crippen LogP contribution is 2.29. The van der Waals surface area contributed by atoms with Gasteiger partial charge in [0, 0.05) is 19.6 Å². The zero-order valence-corrected chi connectivity index (χ0v) is 13.1. The molecule has 0 aromatic heterocycles. The van der Waals surface area contributed by atoms with Gasteiger partial charge in [0.05, 0.1) is 4.90 Å². The van der Waals surface area contributed by atoms with Crippen molar-refractivity contribution in [3.63, 3.8) is 0 Å². The first-order valence-corrected chi connectivity index (χ1v) is 8.66. The summed E-state index contributed by atoms with van der Waals surface area (Å²) in [5, 5.41) is 0. The molecule has 0 bridgehead atoms. The molecule has 4 nitrogen and oxygen atoms in total. The van der Waals surface area contributed by atoms with Gasteiger partial charge in [-0.15, -0.1) is 0 Å². The maximum atomic E-state index is 12.6. The third-order valence-electron chi connectivity index (χ3n) is 4.34. The van der Waals surface area contributed by atoms with E-state index in [0.29, 0.717) is 17.4 Å². The number of benzene rings is 1. The zero-order chi connectivity index (χ0) is 14.8. The fraction of sp³-hybridized carbons (Fsp3) is 0.600. The second-order valence-electron chi connectivity index (χ2n) is 5.78. The minimum atomic E-state index is -3.39. The van der Waals surface area contributed by atoms with E-state index in [9.17, 15) is 8.42 Å².